The normalized spacial score (nSPS) is 13.1. The van der Waals surface area contributed by atoms with E-state index in [2.05, 4.69) is 0 Å². The highest BCUT2D eigenvalue weighted by atomic mass is 16.5. The topological polar surface area (TPSA) is 63.6 Å². The summed E-state index contributed by atoms with van der Waals surface area (Å²) >= 11 is 0. The van der Waals surface area contributed by atoms with Gasteiger partial charge in [0, 0.05) is 5.92 Å². The lowest BCUT2D eigenvalue weighted by molar-refractivity contribution is 0.0272. The van der Waals surface area contributed by atoms with Gasteiger partial charge in [-0.05, 0) is 31.0 Å². The van der Waals surface area contributed by atoms with E-state index in [0.717, 1.165) is 12.0 Å². The molecule has 0 aliphatic heterocycles. The molecule has 0 spiro atoms. The van der Waals surface area contributed by atoms with Gasteiger partial charge < -0.3 is 9.84 Å². The lowest BCUT2D eigenvalue weighted by Crippen LogP contribution is -2.23. The molecule has 0 aromatic heterocycles. The van der Waals surface area contributed by atoms with Crippen molar-refractivity contribution in [1.29, 1.82) is 0 Å². The van der Waals surface area contributed by atoms with Crippen LogP contribution in [0.5, 0.6) is 0 Å². The molecule has 4 heteroatoms. The Morgan fingerprint density at radius 3 is 2.13 bits per heavy atom. The highest BCUT2D eigenvalue weighted by molar-refractivity contribution is 6.02. The van der Waals surface area contributed by atoms with E-state index in [9.17, 15) is 14.7 Å². The number of carbonyl (C=O) groups excluding carboxylic acids is 1. The largest absolute Gasteiger partial charge is 0.478 e. The summed E-state index contributed by atoms with van der Waals surface area (Å²) in [4.78, 5) is 23.6. The van der Waals surface area contributed by atoms with Gasteiger partial charge in [0.25, 0.3) is 0 Å². The summed E-state index contributed by atoms with van der Waals surface area (Å²) in [6.45, 7) is 3.87. The van der Waals surface area contributed by atoms with E-state index in [1.165, 1.54) is 12.1 Å². The third kappa shape index (κ3) is 3.97. The number of carbonyl (C=O) groups is 2. The van der Waals surface area contributed by atoms with Crippen molar-refractivity contribution >= 4 is 11.9 Å². The highest BCUT2D eigenvalue weighted by Gasteiger charge is 2.24. The number of aromatic carboxylic acids is 1. The van der Waals surface area contributed by atoms with E-state index in [1.807, 2.05) is 44.2 Å². The molecule has 0 saturated heterocycles. The molecule has 0 amide bonds. The Hall–Kier alpha value is -2.62. The van der Waals surface area contributed by atoms with Crippen LogP contribution in [0.3, 0.4) is 0 Å². The first-order valence-electron chi connectivity index (χ1n) is 7.62. The summed E-state index contributed by atoms with van der Waals surface area (Å²) in [6.07, 6.45) is 0.468. The van der Waals surface area contributed by atoms with Crippen LogP contribution in [-0.4, -0.2) is 23.1 Å². The number of rotatable bonds is 6. The molecule has 0 radical (unpaired) electrons. The fourth-order valence-corrected chi connectivity index (χ4v) is 2.70. The summed E-state index contributed by atoms with van der Waals surface area (Å²) in [5.41, 5.74) is 1.13. The second-order valence-corrected chi connectivity index (χ2v) is 5.39. The second kappa shape index (κ2) is 7.58. The highest BCUT2D eigenvalue weighted by Crippen LogP contribution is 2.26. The van der Waals surface area contributed by atoms with Crippen LogP contribution in [0.2, 0.25) is 0 Å². The zero-order chi connectivity index (χ0) is 16.8. The third-order valence-corrected chi connectivity index (χ3v) is 3.90. The van der Waals surface area contributed by atoms with E-state index in [1.54, 1.807) is 12.1 Å². The minimum atomic E-state index is -1.14. The first-order chi connectivity index (χ1) is 11.0. The number of hydrogen-bond acceptors (Lipinski definition) is 3. The number of hydrogen-bond donors (Lipinski definition) is 1. The molecular weight excluding hydrogens is 292 g/mol. The Balaban J connectivity index is 2.18. The van der Waals surface area contributed by atoms with Crippen molar-refractivity contribution in [3.05, 3.63) is 71.3 Å². The van der Waals surface area contributed by atoms with Gasteiger partial charge >= 0.3 is 11.9 Å². The Labute approximate surface area is 135 Å². The van der Waals surface area contributed by atoms with E-state index < -0.39 is 11.9 Å². The average Bonchev–Trinajstić information content (AvgIpc) is 2.56. The quantitative estimate of drug-likeness (QED) is 0.815. The van der Waals surface area contributed by atoms with Crippen LogP contribution in [0.15, 0.2) is 54.6 Å². The SMILES string of the molecule is CC[C@@H](c1ccccc1)[C@@H](C)OC(=O)c1ccccc1C(=O)O. The minimum absolute atomic E-state index is 0.0440. The summed E-state index contributed by atoms with van der Waals surface area (Å²) in [7, 11) is 0. The third-order valence-electron chi connectivity index (χ3n) is 3.90. The van der Waals surface area contributed by atoms with E-state index in [4.69, 9.17) is 4.74 Å². The molecule has 0 bridgehead atoms. The molecule has 0 aliphatic carbocycles. The summed E-state index contributed by atoms with van der Waals surface area (Å²) in [6, 6.07) is 15.9. The Kier molecular flexibility index (Phi) is 5.52. The maximum absolute atomic E-state index is 12.3. The fourth-order valence-electron chi connectivity index (χ4n) is 2.70. The zero-order valence-electron chi connectivity index (χ0n) is 13.2. The molecule has 2 atom stereocenters. The van der Waals surface area contributed by atoms with Crippen molar-refractivity contribution in [2.45, 2.75) is 32.3 Å². The second-order valence-electron chi connectivity index (χ2n) is 5.39. The van der Waals surface area contributed by atoms with E-state index in [0.29, 0.717) is 0 Å². The number of esters is 1. The number of carboxylic acid groups (broad SMARTS) is 1. The minimum Gasteiger partial charge on any atom is -0.478 e. The lowest BCUT2D eigenvalue weighted by atomic mass is 9.92. The Morgan fingerprint density at radius 1 is 1.00 bits per heavy atom. The van der Waals surface area contributed by atoms with Gasteiger partial charge in [-0.2, -0.15) is 0 Å². The maximum atomic E-state index is 12.3. The van der Waals surface area contributed by atoms with E-state index >= 15 is 0 Å². The van der Waals surface area contributed by atoms with Crippen molar-refractivity contribution in [3.63, 3.8) is 0 Å². The van der Waals surface area contributed by atoms with Crippen LogP contribution in [-0.2, 0) is 4.74 Å². The Morgan fingerprint density at radius 2 is 1.57 bits per heavy atom. The monoisotopic (exact) mass is 312 g/mol. The maximum Gasteiger partial charge on any atom is 0.339 e. The summed E-state index contributed by atoms with van der Waals surface area (Å²) in [5.74, 6) is -1.68. The van der Waals surface area contributed by atoms with E-state index in [-0.39, 0.29) is 23.1 Å². The van der Waals surface area contributed by atoms with Crippen molar-refractivity contribution in [3.8, 4) is 0 Å². The first-order valence-corrected chi connectivity index (χ1v) is 7.62. The molecule has 4 nitrogen and oxygen atoms in total. The molecule has 2 aromatic carbocycles. The standard InChI is InChI=1S/C19H20O4/c1-3-15(14-9-5-4-6-10-14)13(2)23-19(22)17-12-8-7-11-16(17)18(20)21/h4-13,15H,3H2,1-2H3,(H,20,21)/t13-,15-/m1/s1. The molecule has 0 unspecified atom stereocenters. The smallest absolute Gasteiger partial charge is 0.339 e. The van der Waals surface area contributed by atoms with Gasteiger partial charge in [-0.1, -0.05) is 49.4 Å². The fraction of sp³-hybridized carbons (Fsp3) is 0.263. The number of carboxylic acids is 1. The van der Waals surface area contributed by atoms with Gasteiger partial charge in [-0.25, -0.2) is 9.59 Å². The summed E-state index contributed by atoms with van der Waals surface area (Å²) in [5, 5.41) is 9.17. The first kappa shape index (κ1) is 16.7. The van der Waals surface area contributed by atoms with Crippen molar-refractivity contribution < 1.29 is 19.4 Å². The van der Waals surface area contributed by atoms with Crippen LogP contribution in [0.1, 0.15) is 52.5 Å². The van der Waals surface area contributed by atoms with Crippen LogP contribution >= 0.6 is 0 Å². The van der Waals surface area contributed by atoms with Gasteiger partial charge in [-0.3, -0.25) is 0 Å². The lowest BCUT2D eigenvalue weighted by Gasteiger charge is -2.23. The summed E-state index contributed by atoms with van der Waals surface area (Å²) < 4.78 is 5.53. The number of benzene rings is 2. The van der Waals surface area contributed by atoms with Crippen molar-refractivity contribution in [2.75, 3.05) is 0 Å². The number of ether oxygens (including phenoxy) is 1. The molecule has 120 valence electrons. The van der Waals surface area contributed by atoms with Crippen molar-refractivity contribution in [1.82, 2.24) is 0 Å². The van der Waals surface area contributed by atoms with Crippen LogP contribution in [0, 0.1) is 0 Å². The average molecular weight is 312 g/mol. The van der Waals surface area contributed by atoms with Crippen LogP contribution in [0.4, 0.5) is 0 Å². The molecular formula is C19H20O4. The van der Waals surface area contributed by atoms with Gasteiger partial charge in [0.15, 0.2) is 0 Å². The van der Waals surface area contributed by atoms with Crippen LogP contribution < -0.4 is 0 Å². The van der Waals surface area contributed by atoms with Crippen LogP contribution in [0.25, 0.3) is 0 Å². The molecule has 23 heavy (non-hydrogen) atoms. The molecule has 2 aromatic rings. The molecule has 0 aliphatic rings. The van der Waals surface area contributed by atoms with Gasteiger partial charge in [0.1, 0.15) is 6.10 Å². The molecule has 0 saturated carbocycles. The predicted molar refractivity (Wildman–Crippen MR) is 87.8 cm³/mol. The van der Waals surface area contributed by atoms with Crippen molar-refractivity contribution in [2.24, 2.45) is 0 Å². The molecule has 0 fully saturated rings. The zero-order valence-corrected chi connectivity index (χ0v) is 13.2. The van der Waals surface area contributed by atoms with Gasteiger partial charge in [0.2, 0.25) is 0 Å². The molecule has 2 rings (SSSR count). The predicted octanol–water partition coefficient (Wildman–Crippen LogP) is 4.12. The molecule has 0 heterocycles. The Bertz CT molecular complexity index is 679. The van der Waals surface area contributed by atoms with Gasteiger partial charge in [0.05, 0.1) is 11.1 Å². The van der Waals surface area contributed by atoms with Gasteiger partial charge in [-0.15, -0.1) is 0 Å². The molecule has 1 N–H and O–H groups in total.